The first-order valence-electron chi connectivity index (χ1n) is 4.89. The summed E-state index contributed by atoms with van der Waals surface area (Å²) >= 11 is 5.54. The van der Waals surface area contributed by atoms with Crippen LogP contribution >= 0.6 is 11.6 Å². The van der Waals surface area contributed by atoms with Crippen LogP contribution in [0, 0.1) is 0 Å². The third kappa shape index (κ3) is 3.62. The first-order valence-corrected chi connectivity index (χ1v) is 5.43. The highest BCUT2D eigenvalue weighted by molar-refractivity contribution is 6.18. The van der Waals surface area contributed by atoms with Gasteiger partial charge in [0.2, 0.25) is 0 Å². The Labute approximate surface area is 100 Å². The lowest BCUT2D eigenvalue weighted by Gasteiger charge is -2.16. The molecule has 2 amide bonds. The molecule has 88 valence electrons. The van der Waals surface area contributed by atoms with Gasteiger partial charge in [-0.1, -0.05) is 0 Å². The molecule has 0 heterocycles. The summed E-state index contributed by atoms with van der Waals surface area (Å²) in [5.74, 6) is 1.18. The molecule has 1 rings (SSSR count). The van der Waals surface area contributed by atoms with E-state index in [-0.39, 0.29) is 6.03 Å². The summed E-state index contributed by atoms with van der Waals surface area (Å²) in [6, 6.07) is 6.97. The summed E-state index contributed by atoms with van der Waals surface area (Å²) in [7, 11) is 3.29. The third-order valence-electron chi connectivity index (χ3n) is 2.11. The number of nitrogens with zero attached hydrogens (tertiary/aromatic N) is 1. The van der Waals surface area contributed by atoms with Gasteiger partial charge >= 0.3 is 6.03 Å². The second kappa shape index (κ2) is 6.23. The van der Waals surface area contributed by atoms with E-state index in [4.69, 9.17) is 16.3 Å². The van der Waals surface area contributed by atoms with Gasteiger partial charge in [-0.15, -0.1) is 11.6 Å². The lowest BCUT2D eigenvalue weighted by Crippen LogP contribution is -2.32. The molecule has 0 spiro atoms. The highest BCUT2D eigenvalue weighted by Crippen LogP contribution is 2.15. The Balaban J connectivity index is 2.55. The van der Waals surface area contributed by atoms with Crippen LogP contribution < -0.4 is 10.1 Å². The largest absolute Gasteiger partial charge is 0.497 e. The van der Waals surface area contributed by atoms with Crippen LogP contribution in [0.25, 0.3) is 0 Å². The van der Waals surface area contributed by atoms with Gasteiger partial charge in [-0.25, -0.2) is 4.79 Å². The van der Waals surface area contributed by atoms with E-state index in [1.807, 2.05) is 0 Å². The van der Waals surface area contributed by atoms with Crippen LogP contribution in [0.1, 0.15) is 0 Å². The number of urea groups is 1. The molecule has 0 aliphatic carbocycles. The first-order chi connectivity index (χ1) is 7.67. The maximum Gasteiger partial charge on any atom is 0.321 e. The van der Waals surface area contributed by atoms with Crippen LogP contribution in [-0.4, -0.2) is 37.5 Å². The van der Waals surface area contributed by atoms with Gasteiger partial charge < -0.3 is 15.0 Å². The number of nitrogens with one attached hydrogen (secondary N) is 1. The standard InChI is InChI=1S/C11H15ClN2O2/c1-14(8-7-12)11(15)13-9-3-5-10(16-2)6-4-9/h3-6H,7-8H2,1-2H3,(H,13,15). The highest BCUT2D eigenvalue weighted by atomic mass is 35.5. The van der Waals surface area contributed by atoms with Gasteiger partial charge in [-0.3, -0.25) is 0 Å². The van der Waals surface area contributed by atoms with Crippen LogP contribution in [0.5, 0.6) is 5.75 Å². The molecule has 0 saturated heterocycles. The zero-order valence-electron chi connectivity index (χ0n) is 9.37. The minimum Gasteiger partial charge on any atom is -0.497 e. The monoisotopic (exact) mass is 242 g/mol. The Morgan fingerprint density at radius 3 is 2.56 bits per heavy atom. The molecule has 0 atom stereocenters. The maximum atomic E-state index is 11.6. The quantitative estimate of drug-likeness (QED) is 0.824. The molecule has 0 aromatic heterocycles. The number of hydrogen-bond donors (Lipinski definition) is 1. The van der Waals surface area contributed by atoms with Crippen molar-refractivity contribution >= 4 is 23.3 Å². The zero-order valence-corrected chi connectivity index (χ0v) is 10.1. The van der Waals surface area contributed by atoms with Crippen molar-refractivity contribution in [3.8, 4) is 5.75 Å². The van der Waals surface area contributed by atoms with Crippen LogP contribution in [-0.2, 0) is 0 Å². The van der Waals surface area contributed by atoms with Gasteiger partial charge in [-0.05, 0) is 24.3 Å². The topological polar surface area (TPSA) is 41.6 Å². The van der Waals surface area contributed by atoms with Crippen LogP contribution in [0.15, 0.2) is 24.3 Å². The number of amides is 2. The number of anilines is 1. The van der Waals surface area contributed by atoms with Gasteiger partial charge in [0, 0.05) is 25.2 Å². The van der Waals surface area contributed by atoms with E-state index in [1.54, 1.807) is 38.4 Å². The predicted molar refractivity (Wildman–Crippen MR) is 65.4 cm³/mol. The molecule has 1 N–H and O–H groups in total. The van der Waals surface area contributed by atoms with E-state index in [1.165, 1.54) is 4.90 Å². The van der Waals surface area contributed by atoms with Gasteiger partial charge in [0.05, 0.1) is 7.11 Å². The number of halogens is 1. The van der Waals surface area contributed by atoms with E-state index < -0.39 is 0 Å². The lowest BCUT2D eigenvalue weighted by atomic mass is 10.3. The molecule has 4 nitrogen and oxygen atoms in total. The molecule has 1 aromatic rings. The van der Waals surface area contributed by atoms with Crippen molar-refractivity contribution in [1.29, 1.82) is 0 Å². The first kappa shape index (κ1) is 12.6. The van der Waals surface area contributed by atoms with E-state index in [0.29, 0.717) is 12.4 Å². The Morgan fingerprint density at radius 2 is 2.06 bits per heavy atom. The van der Waals surface area contributed by atoms with Crippen molar-refractivity contribution in [2.45, 2.75) is 0 Å². The molecular formula is C11H15ClN2O2. The number of ether oxygens (including phenoxy) is 1. The van der Waals surface area contributed by atoms with Crippen LogP contribution in [0.3, 0.4) is 0 Å². The summed E-state index contributed by atoms with van der Waals surface area (Å²) in [6.07, 6.45) is 0. The molecule has 0 fully saturated rings. The van der Waals surface area contributed by atoms with Crippen molar-refractivity contribution in [3.05, 3.63) is 24.3 Å². The van der Waals surface area contributed by atoms with E-state index in [2.05, 4.69) is 5.32 Å². The molecule has 16 heavy (non-hydrogen) atoms. The van der Waals surface area contributed by atoms with Crippen molar-refractivity contribution in [3.63, 3.8) is 0 Å². The summed E-state index contributed by atoms with van der Waals surface area (Å²) in [5, 5.41) is 2.75. The van der Waals surface area contributed by atoms with Crippen molar-refractivity contribution in [2.24, 2.45) is 0 Å². The molecule has 0 unspecified atom stereocenters. The molecule has 5 heteroatoms. The number of carbonyl (C=O) groups excluding carboxylic acids is 1. The maximum absolute atomic E-state index is 11.6. The number of benzene rings is 1. The summed E-state index contributed by atoms with van der Waals surface area (Å²) in [5.41, 5.74) is 0.729. The molecule has 0 aliphatic rings. The zero-order chi connectivity index (χ0) is 12.0. The van der Waals surface area contributed by atoms with Gasteiger partial charge in [0.15, 0.2) is 0 Å². The third-order valence-corrected chi connectivity index (χ3v) is 2.28. The minimum atomic E-state index is -0.175. The van der Waals surface area contributed by atoms with Gasteiger partial charge in [0.25, 0.3) is 0 Å². The molecule has 1 aromatic carbocycles. The number of alkyl halides is 1. The molecule has 0 radical (unpaired) electrons. The van der Waals surface area contributed by atoms with E-state index >= 15 is 0 Å². The fourth-order valence-corrected chi connectivity index (χ4v) is 1.38. The Bertz CT molecular complexity index is 340. The molecule has 0 aliphatic heterocycles. The summed E-state index contributed by atoms with van der Waals surface area (Å²) in [6.45, 7) is 0.517. The number of rotatable bonds is 4. The smallest absolute Gasteiger partial charge is 0.321 e. The summed E-state index contributed by atoms with van der Waals surface area (Å²) < 4.78 is 5.02. The van der Waals surface area contributed by atoms with Crippen LogP contribution in [0.2, 0.25) is 0 Å². The SMILES string of the molecule is COc1ccc(NC(=O)N(C)CCCl)cc1. The average Bonchev–Trinajstić information content (AvgIpc) is 2.30. The fraction of sp³-hybridized carbons (Fsp3) is 0.364. The summed E-state index contributed by atoms with van der Waals surface area (Å²) in [4.78, 5) is 13.1. The Hall–Kier alpha value is -1.42. The highest BCUT2D eigenvalue weighted by Gasteiger charge is 2.07. The van der Waals surface area contributed by atoms with Gasteiger partial charge in [0.1, 0.15) is 5.75 Å². The van der Waals surface area contributed by atoms with Crippen molar-refractivity contribution in [1.82, 2.24) is 4.90 Å². The Morgan fingerprint density at radius 1 is 1.44 bits per heavy atom. The molecular weight excluding hydrogens is 228 g/mol. The lowest BCUT2D eigenvalue weighted by molar-refractivity contribution is 0.225. The number of carbonyl (C=O) groups is 1. The fourth-order valence-electron chi connectivity index (χ4n) is 1.12. The number of hydrogen-bond acceptors (Lipinski definition) is 2. The Kier molecular flexibility index (Phi) is 4.92. The average molecular weight is 243 g/mol. The van der Waals surface area contributed by atoms with E-state index in [0.717, 1.165) is 11.4 Å². The van der Waals surface area contributed by atoms with E-state index in [9.17, 15) is 4.79 Å². The second-order valence-corrected chi connectivity index (χ2v) is 3.65. The second-order valence-electron chi connectivity index (χ2n) is 3.27. The predicted octanol–water partition coefficient (Wildman–Crippen LogP) is 2.40. The molecule has 0 saturated carbocycles. The number of methoxy groups -OCH3 is 1. The minimum absolute atomic E-state index is 0.175. The van der Waals surface area contributed by atoms with Crippen molar-refractivity contribution in [2.75, 3.05) is 31.9 Å². The normalized spacial score (nSPS) is 9.69. The van der Waals surface area contributed by atoms with Crippen molar-refractivity contribution < 1.29 is 9.53 Å². The van der Waals surface area contributed by atoms with Gasteiger partial charge in [-0.2, -0.15) is 0 Å². The molecule has 0 bridgehead atoms. The van der Waals surface area contributed by atoms with Crippen LogP contribution in [0.4, 0.5) is 10.5 Å².